The molecule has 164 valence electrons. The van der Waals surface area contributed by atoms with E-state index in [-0.39, 0.29) is 42.2 Å². The highest BCUT2D eigenvalue weighted by Crippen LogP contribution is 2.11. The van der Waals surface area contributed by atoms with E-state index in [2.05, 4.69) is 10.3 Å². The van der Waals surface area contributed by atoms with E-state index >= 15 is 0 Å². The fourth-order valence-corrected chi connectivity index (χ4v) is 2.69. The maximum atomic E-state index is 13.5. The summed E-state index contributed by atoms with van der Waals surface area (Å²) in [4.78, 5) is 19.8. The molecule has 1 N–H and O–H groups in total. The predicted molar refractivity (Wildman–Crippen MR) is 129 cm³/mol. The molecule has 6 nitrogen and oxygen atoms in total. The molecule has 0 saturated carbocycles. The van der Waals surface area contributed by atoms with Crippen LogP contribution in [0, 0.1) is 5.82 Å². The van der Waals surface area contributed by atoms with Gasteiger partial charge in [-0.05, 0) is 41.8 Å². The first-order chi connectivity index (χ1) is 13.9. The Labute approximate surface area is 195 Å². The van der Waals surface area contributed by atoms with Crippen LogP contribution in [0.3, 0.4) is 0 Å². The molecule has 0 aliphatic carbocycles. The number of halogens is 2. The van der Waals surface area contributed by atoms with Crippen LogP contribution in [0.1, 0.15) is 11.1 Å². The van der Waals surface area contributed by atoms with E-state index in [1.54, 1.807) is 27.3 Å². The smallest absolute Gasteiger partial charge is 0.243 e. The van der Waals surface area contributed by atoms with Crippen LogP contribution in [0.5, 0.6) is 5.75 Å². The van der Waals surface area contributed by atoms with Crippen molar-refractivity contribution in [2.45, 2.75) is 13.0 Å². The number of benzene rings is 2. The third kappa shape index (κ3) is 8.56. The predicted octanol–water partition coefficient (Wildman–Crippen LogP) is 3.16. The highest BCUT2D eigenvalue weighted by atomic mass is 127. The number of hydrogen-bond acceptors (Lipinski definition) is 3. The van der Waals surface area contributed by atoms with Gasteiger partial charge in [-0.25, -0.2) is 9.38 Å². The first-order valence-electron chi connectivity index (χ1n) is 9.46. The second-order valence-corrected chi connectivity index (χ2v) is 6.94. The number of nitrogens with zero attached hydrogens (tertiary/aromatic N) is 3. The molecule has 0 bridgehead atoms. The minimum atomic E-state index is -0.273. The van der Waals surface area contributed by atoms with Crippen LogP contribution in [0.15, 0.2) is 53.5 Å². The lowest BCUT2D eigenvalue weighted by molar-refractivity contribution is -0.127. The van der Waals surface area contributed by atoms with Crippen molar-refractivity contribution in [2.24, 2.45) is 4.99 Å². The van der Waals surface area contributed by atoms with Gasteiger partial charge in [-0.1, -0.05) is 24.3 Å². The van der Waals surface area contributed by atoms with Crippen molar-refractivity contribution in [1.29, 1.82) is 0 Å². The fraction of sp³-hybridized carbons (Fsp3) is 0.364. The molecule has 0 aliphatic rings. The fourth-order valence-electron chi connectivity index (χ4n) is 2.69. The highest BCUT2D eigenvalue weighted by molar-refractivity contribution is 14.0. The summed E-state index contributed by atoms with van der Waals surface area (Å²) in [5.74, 6) is 1.06. The zero-order valence-electron chi connectivity index (χ0n) is 17.9. The third-order valence-electron chi connectivity index (χ3n) is 4.39. The van der Waals surface area contributed by atoms with E-state index in [0.29, 0.717) is 19.0 Å². The Balaban J connectivity index is 0.00000450. The average molecular weight is 528 g/mol. The van der Waals surface area contributed by atoms with Crippen molar-refractivity contribution in [3.63, 3.8) is 0 Å². The molecule has 0 heterocycles. The van der Waals surface area contributed by atoms with Gasteiger partial charge in [-0.2, -0.15) is 0 Å². The Bertz CT molecular complexity index is 828. The number of hydrogen-bond donors (Lipinski definition) is 1. The van der Waals surface area contributed by atoms with Crippen LogP contribution in [-0.4, -0.2) is 63.0 Å². The van der Waals surface area contributed by atoms with Gasteiger partial charge >= 0.3 is 0 Å². The van der Waals surface area contributed by atoms with Gasteiger partial charge < -0.3 is 19.9 Å². The van der Waals surface area contributed by atoms with E-state index in [1.165, 1.54) is 17.0 Å². The Hall–Kier alpha value is -2.36. The number of likely N-dealkylation sites (N-methyl/N-ethyl adjacent to an activating group) is 1. The summed E-state index contributed by atoms with van der Waals surface area (Å²) in [5, 5.41) is 3.31. The van der Waals surface area contributed by atoms with Crippen LogP contribution in [0.2, 0.25) is 0 Å². The van der Waals surface area contributed by atoms with Gasteiger partial charge in [0.05, 0.1) is 7.11 Å². The summed E-state index contributed by atoms with van der Waals surface area (Å²) in [6.07, 6.45) is 0.790. The van der Waals surface area contributed by atoms with Gasteiger partial charge in [-0.15, -0.1) is 24.0 Å². The van der Waals surface area contributed by atoms with Gasteiger partial charge in [0, 0.05) is 34.2 Å². The molecule has 0 spiro atoms. The van der Waals surface area contributed by atoms with Crippen molar-refractivity contribution in [3.8, 4) is 5.75 Å². The van der Waals surface area contributed by atoms with Gasteiger partial charge in [0.1, 0.15) is 18.1 Å². The number of nitrogens with one attached hydrogen (secondary N) is 1. The van der Waals surface area contributed by atoms with E-state index in [9.17, 15) is 9.18 Å². The maximum Gasteiger partial charge on any atom is 0.243 e. The van der Waals surface area contributed by atoms with E-state index in [0.717, 1.165) is 23.3 Å². The number of aliphatic imine (C=N–C) groups is 1. The van der Waals surface area contributed by atoms with Crippen molar-refractivity contribution in [2.75, 3.05) is 41.3 Å². The maximum absolute atomic E-state index is 13.5. The molecule has 0 fully saturated rings. The Kier molecular flexibility index (Phi) is 11.2. The van der Waals surface area contributed by atoms with Crippen LogP contribution in [0.4, 0.5) is 4.39 Å². The standard InChI is InChI=1S/C22H29FN4O2.HI/c1-26(2)21(28)15-25-22(27(3)16-18-6-5-7-19(23)14-18)24-13-12-17-8-10-20(29-4)11-9-17;/h5-11,14H,12-13,15-16H2,1-4H3,(H,24,25);1H. The summed E-state index contributed by atoms with van der Waals surface area (Å²) in [6.45, 7) is 1.17. The molecule has 0 atom stereocenters. The topological polar surface area (TPSA) is 57.2 Å². The van der Waals surface area contributed by atoms with Crippen molar-refractivity contribution in [3.05, 3.63) is 65.5 Å². The molecule has 2 aromatic rings. The molecule has 8 heteroatoms. The average Bonchev–Trinajstić information content (AvgIpc) is 2.70. The number of amides is 1. The van der Waals surface area contributed by atoms with Crippen molar-refractivity contribution >= 4 is 35.8 Å². The molecular formula is C22H30FIN4O2. The molecule has 0 radical (unpaired) electrons. The van der Waals surface area contributed by atoms with Crippen LogP contribution < -0.4 is 10.1 Å². The number of carbonyl (C=O) groups is 1. The molecule has 0 saturated heterocycles. The second kappa shape index (κ2) is 13.0. The molecule has 0 aromatic heterocycles. The van der Waals surface area contributed by atoms with Gasteiger partial charge in [0.25, 0.3) is 0 Å². The molecule has 0 aliphatic heterocycles. The van der Waals surface area contributed by atoms with Gasteiger partial charge in [-0.3, -0.25) is 4.79 Å². The van der Waals surface area contributed by atoms with Crippen molar-refractivity contribution < 1.29 is 13.9 Å². The summed E-state index contributed by atoms with van der Waals surface area (Å²) in [6, 6.07) is 14.3. The van der Waals surface area contributed by atoms with Crippen LogP contribution in [0.25, 0.3) is 0 Å². The molecule has 30 heavy (non-hydrogen) atoms. The Morgan fingerprint density at radius 2 is 1.80 bits per heavy atom. The highest BCUT2D eigenvalue weighted by Gasteiger charge is 2.10. The molecular weight excluding hydrogens is 498 g/mol. The number of carbonyl (C=O) groups excluding carboxylic acids is 1. The zero-order chi connectivity index (χ0) is 21.2. The Morgan fingerprint density at radius 1 is 1.10 bits per heavy atom. The largest absolute Gasteiger partial charge is 0.497 e. The molecule has 0 unspecified atom stereocenters. The van der Waals surface area contributed by atoms with Gasteiger partial charge in [0.15, 0.2) is 5.96 Å². The van der Waals surface area contributed by atoms with E-state index < -0.39 is 0 Å². The SMILES string of the molecule is COc1ccc(CCNC(=NCC(=O)N(C)C)N(C)Cc2cccc(F)c2)cc1.I. The summed E-state index contributed by atoms with van der Waals surface area (Å²) in [5.41, 5.74) is 1.99. The van der Waals surface area contributed by atoms with E-state index in [1.807, 2.05) is 42.3 Å². The number of rotatable bonds is 8. The third-order valence-corrected chi connectivity index (χ3v) is 4.39. The monoisotopic (exact) mass is 528 g/mol. The quantitative estimate of drug-likeness (QED) is 0.325. The summed E-state index contributed by atoms with van der Waals surface area (Å²) in [7, 11) is 6.91. The van der Waals surface area contributed by atoms with E-state index in [4.69, 9.17) is 4.74 Å². The number of ether oxygens (including phenoxy) is 1. The minimum absolute atomic E-state index is 0. The lowest BCUT2D eigenvalue weighted by Crippen LogP contribution is -2.40. The first kappa shape index (κ1) is 25.7. The molecule has 1 amide bonds. The van der Waals surface area contributed by atoms with Crippen LogP contribution in [-0.2, 0) is 17.8 Å². The normalized spacial score (nSPS) is 10.8. The van der Waals surface area contributed by atoms with Crippen molar-refractivity contribution in [1.82, 2.24) is 15.1 Å². The lowest BCUT2D eigenvalue weighted by Gasteiger charge is -2.23. The first-order valence-corrected chi connectivity index (χ1v) is 9.46. The molecule has 2 aromatic carbocycles. The van der Waals surface area contributed by atoms with Gasteiger partial charge in [0.2, 0.25) is 5.91 Å². The number of guanidine groups is 1. The number of methoxy groups -OCH3 is 1. The summed E-state index contributed by atoms with van der Waals surface area (Å²) < 4.78 is 18.7. The zero-order valence-corrected chi connectivity index (χ0v) is 20.2. The summed E-state index contributed by atoms with van der Waals surface area (Å²) >= 11 is 0. The Morgan fingerprint density at radius 3 is 2.40 bits per heavy atom. The minimum Gasteiger partial charge on any atom is -0.497 e. The lowest BCUT2D eigenvalue weighted by atomic mass is 10.1. The molecule has 2 rings (SSSR count). The second-order valence-electron chi connectivity index (χ2n) is 6.94. The van der Waals surface area contributed by atoms with Crippen LogP contribution >= 0.6 is 24.0 Å².